The van der Waals surface area contributed by atoms with Crippen LogP contribution >= 0.6 is 0 Å². The minimum absolute atomic E-state index is 0.146. The molecule has 2 unspecified atom stereocenters. The van der Waals surface area contributed by atoms with Gasteiger partial charge in [0.05, 0.1) is 18.6 Å². The lowest BCUT2D eigenvalue weighted by Crippen LogP contribution is -2.38. The molecular formula is C19H22FNO2. The van der Waals surface area contributed by atoms with Gasteiger partial charge in [-0.15, -0.1) is 0 Å². The van der Waals surface area contributed by atoms with Crippen molar-refractivity contribution in [1.29, 1.82) is 0 Å². The van der Waals surface area contributed by atoms with Gasteiger partial charge in [-0.05, 0) is 49.6 Å². The first kappa shape index (κ1) is 17.2. The van der Waals surface area contributed by atoms with Crippen LogP contribution in [-0.2, 0) is 11.2 Å². The summed E-state index contributed by atoms with van der Waals surface area (Å²) in [6, 6.07) is 11.2. The van der Waals surface area contributed by atoms with Crippen LogP contribution in [0.25, 0.3) is 0 Å². The first-order valence-corrected chi connectivity index (χ1v) is 7.66. The second-order valence-electron chi connectivity index (χ2n) is 5.96. The fourth-order valence-corrected chi connectivity index (χ4v) is 2.50. The number of hydrogen-bond donors (Lipinski definition) is 2. The molecule has 0 fully saturated rings. The van der Waals surface area contributed by atoms with Crippen LogP contribution in [0, 0.1) is 19.7 Å². The fourth-order valence-electron chi connectivity index (χ4n) is 2.50. The molecule has 2 aromatic rings. The largest absolute Gasteiger partial charge is 0.386 e. The molecule has 0 saturated heterocycles. The molecule has 0 saturated carbocycles. The Hall–Kier alpha value is -2.20. The zero-order chi connectivity index (χ0) is 17.0. The highest BCUT2D eigenvalue weighted by Crippen LogP contribution is 2.17. The normalized spacial score (nSPS) is 13.4. The molecule has 2 aromatic carbocycles. The molecule has 0 aliphatic carbocycles. The first-order valence-electron chi connectivity index (χ1n) is 7.66. The number of aryl methyl sites for hydroxylation is 2. The standard InChI is InChI=1S/C19H22FNO2/c1-12-4-5-13(2)16(10-12)11-18(22)21-14(3)19(23)15-6-8-17(20)9-7-15/h4-10,14,19,23H,11H2,1-3H3,(H,21,22). The Morgan fingerprint density at radius 2 is 1.83 bits per heavy atom. The van der Waals surface area contributed by atoms with E-state index >= 15 is 0 Å². The van der Waals surface area contributed by atoms with E-state index in [1.54, 1.807) is 6.92 Å². The van der Waals surface area contributed by atoms with Crippen molar-refractivity contribution in [1.82, 2.24) is 5.32 Å². The predicted octanol–water partition coefficient (Wildman–Crippen LogP) is 3.22. The lowest BCUT2D eigenvalue weighted by Gasteiger charge is -2.21. The number of halogens is 1. The van der Waals surface area contributed by atoms with Gasteiger partial charge in [0.15, 0.2) is 0 Å². The summed E-state index contributed by atoms with van der Waals surface area (Å²) in [5.41, 5.74) is 3.73. The number of hydrogen-bond acceptors (Lipinski definition) is 2. The number of aliphatic hydroxyl groups is 1. The highest BCUT2D eigenvalue weighted by molar-refractivity contribution is 5.79. The van der Waals surface area contributed by atoms with E-state index in [9.17, 15) is 14.3 Å². The van der Waals surface area contributed by atoms with Crippen molar-refractivity contribution in [3.63, 3.8) is 0 Å². The quantitative estimate of drug-likeness (QED) is 0.890. The van der Waals surface area contributed by atoms with Gasteiger partial charge in [-0.1, -0.05) is 35.9 Å². The van der Waals surface area contributed by atoms with E-state index in [1.807, 2.05) is 32.0 Å². The fraction of sp³-hybridized carbons (Fsp3) is 0.316. The van der Waals surface area contributed by atoms with Gasteiger partial charge >= 0.3 is 0 Å². The van der Waals surface area contributed by atoms with E-state index in [-0.39, 0.29) is 18.1 Å². The van der Waals surface area contributed by atoms with Crippen LogP contribution in [0.3, 0.4) is 0 Å². The summed E-state index contributed by atoms with van der Waals surface area (Å²) in [4.78, 5) is 12.2. The Kier molecular flexibility index (Phi) is 5.50. The van der Waals surface area contributed by atoms with Crippen molar-refractivity contribution in [2.75, 3.05) is 0 Å². The predicted molar refractivity (Wildman–Crippen MR) is 88.6 cm³/mol. The van der Waals surface area contributed by atoms with Crippen molar-refractivity contribution in [3.05, 3.63) is 70.5 Å². The van der Waals surface area contributed by atoms with Gasteiger partial charge < -0.3 is 10.4 Å². The first-order chi connectivity index (χ1) is 10.9. The van der Waals surface area contributed by atoms with Gasteiger partial charge in [-0.2, -0.15) is 0 Å². The smallest absolute Gasteiger partial charge is 0.224 e. The molecule has 0 spiro atoms. The van der Waals surface area contributed by atoms with Crippen molar-refractivity contribution < 1.29 is 14.3 Å². The van der Waals surface area contributed by atoms with Gasteiger partial charge in [0.2, 0.25) is 5.91 Å². The molecular weight excluding hydrogens is 293 g/mol. The Labute approximate surface area is 136 Å². The number of amides is 1. The number of carbonyl (C=O) groups is 1. The Balaban J connectivity index is 1.99. The zero-order valence-electron chi connectivity index (χ0n) is 13.6. The molecule has 0 aromatic heterocycles. The summed E-state index contributed by atoms with van der Waals surface area (Å²) >= 11 is 0. The van der Waals surface area contributed by atoms with Crippen LogP contribution < -0.4 is 5.32 Å². The van der Waals surface area contributed by atoms with E-state index in [1.165, 1.54) is 24.3 Å². The zero-order valence-corrected chi connectivity index (χ0v) is 13.6. The number of carbonyl (C=O) groups excluding carboxylic acids is 1. The molecule has 0 aliphatic heterocycles. The summed E-state index contributed by atoms with van der Waals surface area (Å²) in [6.07, 6.45) is -0.605. The highest BCUT2D eigenvalue weighted by Gasteiger charge is 2.19. The lowest BCUT2D eigenvalue weighted by molar-refractivity contribution is -0.121. The summed E-state index contributed by atoms with van der Waals surface area (Å²) in [7, 11) is 0. The minimum atomic E-state index is -0.877. The van der Waals surface area contributed by atoms with Crippen molar-refractivity contribution in [3.8, 4) is 0 Å². The number of benzene rings is 2. The van der Waals surface area contributed by atoms with Crippen LogP contribution in [-0.4, -0.2) is 17.1 Å². The van der Waals surface area contributed by atoms with Crippen molar-refractivity contribution in [2.45, 2.75) is 39.3 Å². The van der Waals surface area contributed by atoms with E-state index in [0.717, 1.165) is 16.7 Å². The maximum absolute atomic E-state index is 12.9. The topological polar surface area (TPSA) is 49.3 Å². The van der Waals surface area contributed by atoms with Gasteiger partial charge in [-0.3, -0.25) is 4.79 Å². The summed E-state index contributed by atoms with van der Waals surface area (Å²) < 4.78 is 12.9. The summed E-state index contributed by atoms with van der Waals surface area (Å²) in [5.74, 6) is -0.500. The maximum atomic E-state index is 12.9. The van der Waals surface area contributed by atoms with E-state index in [2.05, 4.69) is 5.32 Å². The van der Waals surface area contributed by atoms with Gasteiger partial charge in [-0.25, -0.2) is 4.39 Å². The maximum Gasteiger partial charge on any atom is 0.224 e. The minimum Gasteiger partial charge on any atom is -0.386 e. The third-order valence-electron chi connectivity index (χ3n) is 3.93. The van der Waals surface area contributed by atoms with Crippen LogP contribution in [0.5, 0.6) is 0 Å². The molecule has 3 nitrogen and oxygen atoms in total. The molecule has 0 aliphatic rings. The molecule has 2 rings (SSSR count). The molecule has 1 amide bonds. The molecule has 2 atom stereocenters. The van der Waals surface area contributed by atoms with Crippen LogP contribution in [0.15, 0.2) is 42.5 Å². The highest BCUT2D eigenvalue weighted by atomic mass is 19.1. The number of aliphatic hydroxyl groups excluding tert-OH is 1. The Morgan fingerprint density at radius 1 is 1.17 bits per heavy atom. The molecule has 4 heteroatoms. The average molecular weight is 315 g/mol. The third kappa shape index (κ3) is 4.63. The van der Waals surface area contributed by atoms with Gasteiger partial charge in [0, 0.05) is 0 Å². The molecule has 0 bridgehead atoms. The molecule has 0 radical (unpaired) electrons. The van der Waals surface area contributed by atoms with Crippen molar-refractivity contribution in [2.24, 2.45) is 0 Å². The summed E-state index contributed by atoms with van der Waals surface area (Å²) in [6.45, 7) is 5.69. The van der Waals surface area contributed by atoms with Gasteiger partial charge in [0.1, 0.15) is 5.82 Å². The van der Waals surface area contributed by atoms with Crippen molar-refractivity contribution >= 4 is 5.91 Å². The Bertz CT molecular complexity index is 682. The second-order valence-corrected chi connectivity index (χ2v) is 5.96. The van der Waals surface area contributed by atoms with Crippen LogP contribution in [0.2, 0.25) is 0 Å². The third-order valence-corrected chi connectivity index (χ3v) is 3.93. The molecule has 122 valence electrons. The Morgan fingerprint density at radius 3 is 2.48 bits per heavy atom. The van der Waals surface area contributed by atoms with Crippen LogP contribution in [0.4, 0.5) is 4.39 Å². The number of nitrogens with one attached hydrogen (secondary N) is 1. The van der Waals surface area contributed by atoms with Crippen LogP contribution in [0.1, 0.15) is 35.3 Å². The second kappa shape index (κ2) is 7.38. The lowest BCUT2D eigenvalue weighted by atomic mass is 10.0. The average Bonchev–Trinajstić information content (AvgIpc) is 2.51. The summed E-state index contributed by atoms with van der Waals surface area (Å²) in [5, 5.41) is 13.1. The van der Waals surface area contributed by atoms with E-state index in [4.69, 9.17) is 0 Å². The molecule has 0 heterocycles. The van der Waals surface area contributed by atoms with Gasteiger partial charge in [0.25, 0.3) is 0 Å². The number of rotatable bonds is 5. The van der Waals surface area contributed by atoms with E-state index in [0.29, 0.717) is 5.56 Å². The SMILES string of the molecule is Cc1ccc(C)c(CC(=O)NC(C)C(O)c2ccc(F)cc2)c1. The monoisotopic (exact) mass is 315 g/mol. The molecule has 2 N–H and O–H groups in total. The van der Waals surface area contributed by atoms with E-state index < -0.39 is 12.1 Å². The molecule has 23 heavy (non-hydrogen) atoms.